The highest BCUT2D eigenvalue weighted by molar-refractivity contribution is 7.88. The van der Waals surface area contributed by atoms with Gasteiger partial charge in [0.15, 0.2) is 0 Å². The average Bonchev–Trinajstić information content (AvgIpc) is 2.28. The van der Waals surface area contributed by atoms with E-state index >= 15 is 0 Å². The van der Waals surface area contributed by atoms with Crippen molar-refractivity contribution in [2.75, 3.05) is 13.1 Å². The molecule has 1 aromatic rings. The lowest BCUT2D eigenvalue weighted by Gasteiger charge is -2.30. The largest absolute Gasteiger partial charge is 0.218 e. The van der Waals surface area contributed by atoms with Crippen LogP contribution in [0.25, 0.3) is 0 Å². The Morgan fingerprint density at radius 2 is 2.17 bits per heavy atom. The maximum absolute atomic E-state index is 12.3. The first-order chi connectivity index (χ1) is 8.47. The second-order valence-corrected chi connectivity index (χ2v) is 7.32. The van der Waals surface area contributed by atoms with Crippen LogP contribution in [0, 0.1) is 12.8 Å². The fraction of sp³-hybridized carbons (Fsp3) is 0.571. The summed E-state index contributed by atoms with van der Waals surface area (Å²) in [4.78, 5) is 0. The highest BCUT2D eigenvalue weighted by Crippen LogP contribution is 2.21. The van der Waals surface area contributed by atoms with E-state index in [1.807, 2.05) is 31.2 Å². The van der Waals surface area contributed by atoms with Gasteiger partial charge in [-0.1, -0.05) is 36.8 Å². The number of rotatable bonds is 3. The van der Waals surface area contributed by atoms with E-state index in [2.05, 4.69) is 6.92 Å². The van der Waals surface area contributed by atoms with Crippen molar-refractivity contribution in [2.45, 2.75) is 32.4 Å². The van der Waals surface area contributed by atoms with Crippen LogP contribution in [0.15, 0.2) is 24.3 Å². The third-order valence-corrected chi connectivity index (χ3v) is 5.26. The van der Waals surface area contributed by atoms with Crippen LogP contribution in [0.4, 0.5) is 0 Å². The van der Waals surface area contributed by atoms with Crippen LogP contribution in [0.1, 0.15) is 30.9 Å². The van der Waals surface area contributed by atoms with E-state index in [1.54, 1.807) is 4.31 Å². The van der Waals surface area contributed by atoms with Gasteiger partial charge in [0.1, 0.15) is 0 Å². The molecule has 4 heteroatoms. The van der Waals surface area contributed by atoms with Crippen molar-refractivity contribution in [1.82, 2.24) is 4.31 Å². The molecule has 0 bridgehead atoms. The minimum atomic E-state index is -3.15. The summed E-state index contributed by atoms with van der Waals surface area (Å²) in [6.07, 6.45) is 2.12. The Hall–Kier alpha value is -0.870. The van der Waals surface area contributed by atoms with Crippen LogP contribution >= 0.6 is 0 Å². The summed E-state index contributed by atoms with van der Waals surface area (Å²) in [6.45, 7) is 5.46. The molecular formula is C14H21NO2S. The molecule has 0 amide bonds. The predicted octanol–water partition coefficient (Wildman–Crippen LogP) is 2.56. The van der Waals surface area contributed by atoms with Crippen molar-refractivity contribution in [3.8, 4) is 0 Å². The number of nitrogens with zero attached hydrogens (tertiary/aromatic N) is 1. The lowest BCUT2D eigenvalue weighted by Crippen LogP contribution is -2.39. The molecule has 1 heterocycles. The molecular weight excluding hydrogens is 246 g/mol. The van der Waals surface area contributed by atoms with E-state index in [4.69, 9.17) is 0 Å². The Balaban J connectivity index is 2.11. The van der Waals surface area contributed by atoms with Gasteiger partial charge in [0.25, 0.3) is 0 Å². The number of benzene rings is 1. The van der Waals surface area contributed by atoms with E-state index in [0.29, 0.717) is 19.0 Å². The molecule has 18 heavy (non-hydrogen) atoms. The van der Waals surface area contributed by atoms with E-state index in [-0.39, 0.29) is 5.75 Å². The number of aryl methyl sites for hydroxylation is 1. The average molecular weight is 267 g/mol. The molecule has 100 valence electrons. The molecule has 0 N–H and O–H groups in total. The lowest BCUT2D eigenvalue weighted by atomic mass is 10.0. The van der Waals surface area contributed by atoms with Crippen LogP contribution < -0.4 is 0 Å². The molecule has 0 saturated carbocycles. The number of sulfonamides is 1. The Kier molecular flexibility index (Phi) is 4.07. The highest BCUT2D eigenvalue weighted by Gasteiger charge is 2.27. The molecule has 0 unspecified atom stereocenters. The topological polar surface area (TPSA) is 37.4 Å². The van der Waals surface area contributed by atoms with Crippen LogP contribution in [0.2, 0.25) is 0 Å². The molecule has 0 aliphatic carbocycles. The van der Waals surface area contributed by atoms with Gasteiger partial charge in [-0.15, -0.1) is 0 Å². The van der Waals surface area contributed by atoms with Gasteiger partial charge in [-0.05, 0) is 31.2 Å². The lowest BCUT2D eigenvalue weighted by molar-refractivity contribution is 0.281. The molecule has 1 aromatic carbocycles. The standard InChI is InChI=1S/C14H21NO2S/c1-12-5-3-7-14(9-12)11-18(16,17)15-8-4-6-13(2)10-15/h3,5,7,9,13H,4,6,8,10-11H2,1-2H3/t13-/m1/s1. The summed E-state index contributed by atoms with van der Waals surface area (Å²) >= 11 is 0. The molecule has 1 fully saturated rings. The second-order valence-electron chi connectivity index (χ2n) is 5.35. The van der Waals surface area contributed by atoms with Gasteiger partial charge < -0.3 is 0 Å². The SMILES string of the molecule is Cc1cccc(CS(=O)(=O)N2CCC[C@@H](C)C2)c1. The third kappa shape index (κ3) is 3.33. The molecule has 2 rings (SSSR count). The summed E-state index contributed by atoms with van der Waals surface area (Å²) < 4.78 is 26.3. The zero-order valence-electron chi connectivity index (χ0n) is 11.1. The second kappa shape index (κ2) is 5.41. The van der Waals surface area contributed by atoms with Gasteiger partial charge in [-0.25, -0.2) is 12.7 Å². The molecule has 1 aliphatic rings. The summed E-state index contributed by atoms with van der Waals surface area (Å²) in [5.74, 6) is 0.604. The Bertz CT molecular complexity index is 510. The van der Waals surface area contributed by atoms with Crippen molar-refractivity contribution < 1.29 is 8.42 Å². The van der Waals surface area contributed by atoms with Crippen LogP contribution in [0.3, 0.4) is 0 Å². The summed E-state index contributed by atoms with van der Waals surface area (Å²) in [5, 5.41) is 0. The molecule has 1 aliphatic heterocycles. The van der Waals surface area contributed by atoms with E-state index in [0.717, 1.165) is 24.0 Å². The molecule has 0 radical (unpaired) electrons. The maximum Gasteiger partial charge on any atom is 0.218 e. The summed E-state index contributed by atoms with van der Waals surface area (Å²) in [7, 11) is -3.15. The maximum atomic E-state index is 12.3. The molecule has 1 saturated heterocycles. The highest BCUT2D eigenvalue weighted by atomic mass is 32.2. The van der Waals surface area contributed by atoms with Gasteiger partial charge in [0.2, 0.25) is 10.0 Å². The molecule has 0 spiro atoms. The molecule has 3 nitrogen and oxygen atoms in total. The van der Waals surface area contributed by atoms with Gasteiger partial charge in [-0.2, -0.15) is 0 Å². The predicted molar refractivity (Wildman–Crippen MR) is 73.8 cm³/mol. The van der Waals surface area contributed by atoms with Crippen LogP contribution in [0.5, 0.6) is 0 Å². The minimum absolute atomic E-state index is 0.126. The van der Waals surface area contributed by atoms with Gasteiger partial charge in [0.05, 0.1) is 5.75 Å². The quantitative estimate of drug-likeness (QED) is 0.844. The number of hydrogen-bond donors (Lipinski definition) is 0. The van der Waals surface area contributed by atoms with E-state index in [1.165, 1.54) is 0 Å². The van der Waals surface area contributed by atoms with Crippen LogP contribution in [-0.4, -0.2) is 25.8 Å². The fourth-order valence-electron chi connectivity index (χ4n) is 2.50. The zero-order chi connectivity index (χ0) is 13.2. The van der Waals surface area contributed by atoms with Crippen molar-refractivity contribution in [2.24, 2.45) is 5.92 Å². The van der Waals surface area contributed by atoms with Gasteiger partial charge in [0, 0.05) is 13.1 Å². The first-order valence-corrected chi connectivity index (χ1v) is 8.11. The fourth-order valence-corrected chi connectivity index (χ4v) is 4.18. The summed E-state index contributed by atoms with van der Waals surface area (Å²) in [5.41, 5.74) is 1.99. The zero-order valence-corrected chi connectivity index (χ0v) is 11.9. The first kappa shape index (κ1) is 13.6. The van der Waals surface area contributed by atoms with E-state index < -0.39 is 10.0 Å². The van der Waals surface area contributed by atoms with E-state index in [9.17, 15) is 8.42 Å². The van der Waals surface area contributed by atoms with Crippen molar-refractivity contribution >= 4 is 10.0 Å². The molecule has 1 atom stereocenters. The Morgan fingerprint density at radius 3 is 2.83 bits per heavy atom. The number of hydrogen-bond acceptors (Lipinski definition) is 2. The monoisotopic (exact) mass is 267 g/mol. The number of piperidine rings is 1. The first-order valence-electron chi connectivity index (χ1n) is 6.51. The Labute approximate surface area is 110 Å². The van der Waals surface area contributed by atoms with Crippen LogP contribution in [-0.2, 0) is 15.8 Å². The molecule has 0 aromatic heterocycles. The Morgan fingerprint density at radius 1 is 1.39 bits per heavy atom. The van der Waals surface area contributed by atoms with Gasteiger partial charge >= 0.3 is 0 Å². The smallest absolute Gasteiger partial charge is 0.212 e. The van der Waals surface area contributed by atoms with Crippen molar-refractivity contribution in [1.29, 1.82) is 0 Å². The van der Waals surface area contributed by atoms with Gasteiger partial charge in [-0.3, -0.25) is 0 Å². The van der Waals surface area contributed by atoms with Crippen molar-refractivity contribution in [3.05, 3.63) is 35.4 Å². The van der Waals surface area contributed by atoms with Crippen molar-refractivity contribution in [3.63, 3.8) is 0 Å². The normalized spacial score (nSPS) is 22.0. The summed E-state index contributed by atoms with van der Waals surface area (Å²) in [6, 6.07) is 7.74. The minimum Gasteiger partial charge on any atom is -0.212 e. The third-order valence-electron chi connectivity index (χ3n) is 3.44.